The van der Waals surface area contributed by atoms with Gasteiger partial charge in [-0.2, -0.15) is 4.31 Å². The molecular formula is C18H18Cl2N2O3S. The van der Waals surface area contributed by atoms with E-state index in [-0.39, 0.29) is 39.9 Å². The molecule has 0 bridgehead atoms. The zero-order valence-electron chi connectivity index (χ0n) is 13.9. The first-order valence-corrected chi connectivity index (χ1v) is 10.4. The molecule has 1 amide bonds. The Hall–Kier alpha value is -1.60. The molecule has 2 aromatic carbocycles. The standard InChI is InChI=1S/C18H18Cl2N2O3S/c19-14-10-15(20)12-17(11-14)26(24,25)22-8-6-13(7-9-22)18(23)21-16-4-2-1-3-5-16/h1-5,10-13H,6-9H2,(H,21,23). The summed E-state index contributed by atoms with van der Waals surface area (Å²) in [5.74, 6) is -0.302. The van der Waals surface area contributed by atoms with Crippen LogP contribution in [0.4, 0.5) is 5.69 Å². The van der Waals surface area contributed by atoms with Crippen LogP contribution >= 0.6 is 23.2 Å². The number of rotatable bonds is 4. The molecule has 1 aliphatic rings. The Morgan fingerprint density at radius 2 is 1.58 bits per heavy atom. The van der Waals surface area contributed by atoms with Gasteiger partial charge in [-0.15, -0.1) is 0 Å². The third kappa shape index (κ3) is 4.38. The predicted octanol–water partition coefficient (Wildman–Crippen LogP) is 4.03. The van der Waals surface area contributed by atoms with Gasteiger partial charge < -0.3 is 5.32 Å². The SMILES string of the molecule is O=C(Nc1ccccc1)C1CCN(S(=O)(=O)c2cc(Cl)cc(Cl)c2)CC1. The summed E-state index contributed by atoms with van der Waals surface area (Å²) >= 11 is 11.8. The van der Waals surface area contributed by atoms with Gasteiger partial charge >= 0.3 is 0 Å². The maximum Gasteiger partial charge on any atom is 0.243 e. The summed E-state index contributed by atoms with van der Waals surface area (Å²) < 4.78 is 26.9. The molecular weight excluding hydrogens is 395 g/mol. The van der Waals surface area contributed by atoms with E-state index in [0.29, 0.717) is 12.8 Å². The monoisotopic (exact) mass is 412 g/mol. The van der Waals surface area contributed by atoms with Crippen molar-refractivity contribution in [3.63, 3.8) is 0 Å². The Labute approximate surface area is 163 Å². The van der Waals surface area contributed by atoms with E-state index in [1.807, 2.05) is 30.3 Å². The number of carbonyl (C=O) groups is 1. The fourth-order valence-electron chi connectivity index (χ4n) is 2.95. The van der Waals surface area contributed by atoms with Crippen LogP contribution in [0.5, 0.6) is 0 Å². The minimum Gasteiger partial charge on any atom is -0.326 e. The molecule has 26 heavy (non-hydrogen) atoms. The van der Waals surface area contributed by atoms with Crippen molar-refractivity contribution in [2.45, 2.75) is 17.7 Å². The van der Waals surface area contributed by atoms with Gasteiger partial charge in [0.1, 0.15) is 0 Å². The number of benzene rings is 2. The van der Waals surface area contributed by atoms with Crippen molar-refractivity contribution in [2.75, 3.05) is 18.4 Å². The number of sulfonamides is 1. The summed E-state index contributed by atoms with van der Waals surface area (Å²) in [5, 5.41) is 3.41. The second kappa shape index (κ2) is 7.96. The number of halogens is 2. The minimum absolute atomic E-state index is 0.0715. The van der Waals surface area contributed by atoms with Crippen molar-refractivity contribution in [3.8, 4) is 0 Å². The Kier molecular flexibility index (Phi) is 5.87. The summed E-state index contributed by atoms with van der Waals surface area (Å²) in [5.41, 5.74) is 0.737. The van der Waals surface area contributed by atoms with E-state index in [1.54, 1.807) is 0 Å². The lowest BCUT2D eigenvalue weighted by Gasteiger charge is -2.30. The number of para-hydroxylation sites is 1. The number of amides is 1. The molecule has 0 unspecified atom stereocenters. The molecule has 1 saturated heterocycles. The number of anilines is 1. The Bertz CT molecular complexity index is 876. The van der Waals surface area contributed by atoms with Crippen LogP contribution < -0.4 is 5.32 Å². The zero-order valence-corrected chi connectivity index (χ0v) is 16.2. The largest absolute Gasteiger partial charge is 0.326 e. The first-order valence-electron chi connectivity index (χ1n) is 8.18. The van der Waals surface area contributed by atoms with E-state index in [0.717, 1.165) is 5.69 Å². The quantitative estimate of drug-likeness (QED) is 0.823. The molecule has 138 valence electrons. The number of piperidine rings is 1. The van der Waals surface area contributed by atoms with Gasteiger partial charge in [-0.1, -0.05) is 41.4 Å². The molecule has 1 heterocycles. The Balaban J connectivity index is 1.65. The molecule has 5 nitrogen and oxygen atoms in total. The summed E-state index contributed by atoms with van der Waals surface area (Å²) in [6.45, 7) is 0.554. The van der Waals surface area contributed by atoms with Gasteiger partial charge in [-0.25, -0.2) is 8.42 Å². The van der Waals surface area contributed by atoms with Crippen molar-refractivity contribution in [3.05, 3.63) is 58.6 Å². The van der Waals surface area contributed by atoms with Crippen LogP contribution in [-0.4, -0.2) is 31.7 Å². The first kappa shape index (κ1) is 19.2. The van der Waals surface area contributed by atoms with Crippen molar-refractivity contribution in [1.82, 2.24) is 4.31 Å². The maximum absolute atomic E-state index is 12.8. The molecule has 1 fully saturated rings. The van der Waals surface area contributed by atoms with Crippen LogP contribution in [0.2, 0.25) is 10.0 Å². The van der Waals surface area contributed by atoms with Gasteiger partial charge in [0, 0.05) is 34.7 Å². The summed E-state index contributed by atoms with van der Waals surface area (Å²) in [7, 11) is -3.68. The van der Waals surface area contributed by atoms with Gasteiger partial charge in [0.15, 0.2) is 0 Å². The van der Waals surface area contributed by atoms with Gasteiger partial charge in [-0.3, -0.25) is 4.79 Å². The van der Waals surface area contributed by atoms with Gasteiger partial charge in [0.25, 0.3) is 0 Å². The molecule has 0 saturated carbocycles. The van der Waals surface area contributed by atoms with Gasteiger partial charge in [-0.05, 0) is 43.2 Å². The molecule has 8 heteroatoms. The summed E-state index contributed by atoms with van der Waals surface area (Å²) in [6, 6.07) is 13.5. The highest BCUT2D eigenvalue weighted by Gasteiger charge is 2.32. The average molecular weight is 413 g/mol. The fourth-order valence-corrected chi connectivity index (χ4v) is 5.15. The molecule has 0 atom stereocenters. The number of nitrogens with zero attached hydrogens (tertiary/aromatic N) is 1. The van der Waals surface area contributed by atoms with E-state index < -0.39 is 10.0 Å². The third-order valence-corrected chi connectivity index (χ3v) is 6.65. The van der Waals surface area contributed by atoms with Crippen LogP contribution in [0.3, 0.4) is 0 Å². The van der Waals surface area contributed by atoms with Gasteiger partial charge in [0.2, 0.25) is 15.9 Å². The van der Waals surface area contributed by atoms with E-state index >= 15 is 0 Å². The first-order chi connectivity index (χ1) is 12.4. The molecule has 0 aromatic heterocycles. The van der Waals surface area contributed by atoms with Crippen molar-refractivity contribution in [1.29, 1.82) is 0 Å². The second-order valence-corrected chi connectivity index (χ2v) is 8.95. The topological polar surface area (TPSA) is 66.5 Å². The third-order valence-electron chi connectivity index (χ3n) is 4.34. The lowest BCUT2D eigenvalue weighted by Crippen LogP contribution is -2.41. The second-order valence-electron chi connectivity index (χ2n) is 6.14. The molecule has 0 radical (unpaired) electrons. The van der Waals surface area contributed by atoms with E-state index in [1.165, 1.54) is 22.5 Å². The number of hydrogen-bond acceptors (Lipinski definition) is 3. The highest BCUT2D eigenvalue weighted by molar-refractivity contribution is 7.89. The lowest BCUT2D eigenvalue weighted by atomic mass is 9.97. The lowest BCUT2D eigenvalue weighted by molar-refractivity contribution is -0.120. The Morgan fingerprint density at radius 3 is 2.15 bits per heavy atom. The molecule has 3 rings (SSSR count). The summed E-state index contributed by atoms with van der Waals surface area (Å²) in [6.07, 6.45) is 0.929. The van der Waals surface area contributed by atoms with Crippen LogP contribution in [0.25, 0.3) is 0 Å². The van der Waals surface area contributed by atoms with E-state index in [4.69, 9.17) is 23.2 Å². The zero-order chi connectivity index (χ0) is 18.7. The van der Waals surface area contributed by atoms with E-state index in [9.17, 15) is 13.2 Å². The van der Waals surface area contributed by atoms with Crippen LogP contribution in [0, 0.1) is 5.92 Å². The molecule has 0 aliphatic carbocycles. The molecule has 2 aromatic rings. The highest BCUT2D eigenvalue weighted by atomic mass is 35.5. The van der Waals surface area contributed by atoms with Crippen molar-refractivity contribution >= 4 is 44.8 Å². The highest BCUT2D eigenvalue weighted by Crippen LogP contribution is 2.28. The average Bonchev–Trinajstić information content (AvgIpc) is 2.62. The number of hydrogen-bond donors (Lipinski definition) is 1. The molecule has 1 N–H and O–H groups in total. The smallest absolute Gasteiger partial charge is 0.243 e. The minimum atomic E-state index is -3.68. The van der Waals surface area contributed by atoms with Crippen LogP contribution in [-0.2, 0) is 14.8 Å². The Morgan fingerprint density at radius 1 is 1.00 bits per heavy atom. The summed E-state index contributed by atoms with van der Waals surface area (Å²) in [4.78, 5) is 12.4. The number of carbonyl (C=O) groups excluding carboxylic acids is 1. The fraction of sp³-hybridized carbons (Fsp3) is 0.278. The van der Waals surface area contributed by atoms with Gasteiger partial charge in [0.05, 0.1) is 4.90 Å². The maximum atomic E-state index is 12.8. The van der Waals surface area contributed by atoms with Crippen LogP contribution in [0.1, 0.15) is 12.8 Å². The molecule has 0 spiro atoms. The van der Waals surface area contributed by atoms with Crippen molar-refractivity contribution < 1.29 is 13.2 Å². The number of nitrogens with one attached hydrogen (secondary N) is 1. The van der Waals surface area contributed by atoms with E-state index in [2.05, 4.69) is 5.32 Å². The normalized spacial score (nSPS) is 16.4. The van der Waals surface area contributed by atoms with Crippen molar-refractivity contribution in [2.24, 2.45) is 5.92 Å². The predicted molar refractivity (Wildman–Crippen MR) is 103 cm³/mol. The van der Waals surface area contributed by atoms with Crippen LogP contribution in [0.15, 0.2) is 53.4 Å². The molecule has 1 aliphatic heterocycles.